The zero-order valence-corrected chi connectivity index (χ0v) is 17.2. The Balaban J connectivity index is 1.95. The molecule has 0 aliphatic rings. The van der Waals surface area contributed by atoms with Gasteiger partial charge in [-0.3, -0.25) is 4.79 Å². The highest BCUT2D eigenvalue weighted by molar-refractivity contribution is 8.00. The molecule has 7 heteroatoms. The largest absolute Gasteiger partial charge is 0.493 e. The molecule has 1 heterocycles. The Morgan fingerprint density at radius 3 is 2.52 bits per heavy atom. The summed E-state index contributed by atoms with van der Waals surface area (Å²) in [7, 11) is 3.24. The van der Waals surface area contributed by atoms with Crippen molar-refractivity contribution >= 4 is 39.2 Å². The molecule has 27 heavy (non-hydrogen) atoms. The number of fused-ring (bicyclic) bond motifs is 1. The van der Waals surface area contributed by atoms with E-state index < -0.39 is 0 Å². The van der Waals surface area contributed by atoms with Gasteiger partial charge in [-0.05, 0) is 18.6 Å². The number of thiazole rings is 1. The second-order valence-corrected chi connectivity index (χ2v) is 7.88. The number of ether oxygens (including phenoxy) is 2. The molecule has 0 aliphatic carbocycles. The van der Waals surface area contributed by atoms with Gasteiger partial charge in [0, 0.05) is 23.6 Å². The topological polar surface area (TPSA) is 52.8 Å². The number of aromatic nitrogens is 1. The van der Waals surface area contributed by atoms with Gasteiger partial charge in [0.25, 0.3) is 5.91 Å². The summed E-state index contributed by atoms with van der Waals surface area (Å²) in [5.74, 6) is 1.52. The molecule has 0 aliphatic heterocycles. The van der Waals surface area contributed by atoms with Crippen molar-refractivity contribution in [1.82, 2.24) is 4.57 Å². The Hall–Kier alpha value is -2.25. The lowest BCUT2D eigenvalue weighted by atomic mass is 10.3. The molecule has 0 unspecified atom stereocenters. The van der Waals surface area contributed by atoms with Crippen LogP contribution in [0.1, 0.15) is 13.3 Å². The first kappa shape index (κ1) is 19.5. The van der Waals surface area contributed by atoms with Crippen LogP contribution in [0.4, 0.5) is 0 Å². The van der Waals surface area contributed by atoms with Crippen LogP contribution in [0.25, 0.3) is 10.2 Å². The highest BCUT2D eigenvalue weighted by Gasteiger charge is 2.13. The first-order chi connectivity index (χ1) is 13.2. The van der Waals surface area contributed by atoms with Crippen LogP contribution in [-0.4, -0.2) is 30.4 Å². The van der Waals surface area contributed by atoms with E-state index in [9.17, 15) is 4.79 Å². The molecule has 3 rings (SSSR count). The van der Waals surface area contributed by atoms with E-state index in [4.69, 9.17) is 9.47 Å². The summed E-state index contributed by atoms with van der Waals surface area (Å²) in [5.41, 5.74) is 1.00. The highest BCUT2D eigenvalue weighted by atomic mass is 32.2. The minimum Gasteiger partial charge on any atom is -0.493 e. The molecule has 5 nitrogen and oxygen atoms in total. The first-order valence-electron chi connectivity index (χ1n) is 8.67. The summed E-state index contributed by atoms with van der Waals surface area (Å²) in [6.07, 6.45) is 0.945. The van der Waals surface area contributed by atoms with E-state index in [0.29, 0.717) is 22.1 Å². The number of carbonyl (C=O) groups is 1. The number of methoxy groups -OCH3 is 2. The Bertz CT molecular complexity index is 994. The maximum Gasteiger partial charge on any atom is 0.258 e. The molecule has 0 saturated heterocycles. The summed E-state index contributed by atoms with van der Waals surface area (Å²) in [6.45, 7) is 2.89. The average molecular weight is 403 g/mol. The van der Waals surface area contributed by atoms with E-state index in [2.05, 4.69) is 16.5 Å². The van der Waals surface area contributed by atoms with Crippen molar-refractivity contribution in [2.75, 3.05) is 20.0 Å². The molecule has 0 fully saturated rings. The van der Waals surface area contributed by atoms with Crippen molar-refractivity contribution < 1.29 is 14.3 Å². The van der Waals surface area contributed by atoms with Crippen LogP contribution in [0.5, 0.6) is 11.5 Å². The van der Waals surface area contributed by atoms with E-state index in [1.54, 1.807) is 14.2 Å². The number of rotatable bonds is 7. The van der Waals surface area contributed by atoms with Crippen LogP contribution in [0.3, 0.4) is 0 Å². The Morgan fingerprint density at radius 1 is 1.15 bits per heavy atom. The summed E-state index contributed by atoms with van der Waals surface area (Å²) in [6, 6.07) is 13.8. The summed E-state index contributed by atoms with van der Waals surface area (Å²) >= 11 is 2.99. The second kappa shape index (κ2) is 9.10. The van der Waals surface area contributed by atoms with Gasteiger partial charge in [-0.1, -0.05) is 36.5 Å². The Labute approximate surface area is 166 Å². The van der Waals surface area contributed by atoms with Crippen LogP contribution in [0.2, 0.25) is 0 Å². The average Bonchev–Trinajstić information content (AvgIpc) is 3.02. The second-order valence-electron chi connectivity index (χ2n) is 5.82. The van der Waals surface area contributed by atoms with Crippen molar-refractivity contribution in [1.29, 1.82) is 0 Å². The zero-order valence-electron chi connectivity index (χ0n) is 15.6. The maximum atomic E-state index is 12.4. The van der Waals surface area contributed by atoms with Crippen molar-refractivity contribution in [2.45, 2.75) is 24.8 Å². The quantitative estimate of drug-likeness (QED) is 0.552. The molecule has 0 spiro atoms. The minimum atomic E-state index is -0.140. The van der Waals surface area contributed by atoms with E-state index in [1.807, 2.05) is 42.5 Å². The number of aryl methyl sites for hydroxylation is 1. The number of nitrogens with zero attached hydrogens (tertiary/aromatic N) is 2. The van der Waals surface area contributed by atoms with Crippen molar-refractivity contribution in [3.63, 3.8) is 0 Å². The lowest BCUT2D eigenvalue weighted by Crippen LogP contribution is -2.17. The maximum absolute atomic E-state index is 12.4. The van der Waals surface area contributed by atoms with Crippen LogP contribution >= 0.6 is 23.1 Å². The van der Waals surface area contributed by atoms with Gasteiger partial charge in [-0.2, -0.15) is 4.99 Å². The van der Waals surface area contributed by atoms with Crippen LogP contribution < -0.4 is 14.3 Å². The number of hydrogen-bond acceptors (Lipinski definition) is 5. The van der Waals surface area contributed by atoms with Gasteiger partial charge in [-0.15, -0.1) is 11.8 Å². The number of carbonyl (C=O) groups excluding carboxylic acids is 1. The SMILES string of the molecule is CCCn1c(=NC(=O)CSc2ccccc2)sc2cc(OC)c(OC)cc21. The molecule has 0 saturated carbocycles. The third kappa shape index (κ3) is 4.54. The predicted octanol–water partition coefficient (Wildman–Crippen LogP) is 4.35. The van der Waals surface area contributed by atoms with Crippen LogP contribution in [0.15, 0.2) is 52.4 Å². The van der Waals surface area contributed by atoms with Gasteiger partial charge in [0.1, 0.15) is 0 Å². The molecular weight excluding hydrogens is 380 g/mol. The molecule has 142 valence electrons. The van der Waals surface area contributed by atoms with E-state index in [0.717, 1.165) is 28.1 Å². The fourth-order valence-corrected chi connectivity index (χ4v) is 4.51. The van der Waals surface area contributed by atoms with Gasteiger partial charge < -0.3 is 14.0 Å². The molecule has 0 atom stereocenters. The predicted molar refractivity (Wildman–Crippen MR) is 111 cm³/mol. The number of thioether (sulfide) groups is 1. The third-order valence-corrected chi connectivity index (χ3v) is 6.00. The normalized spacial score (nSPS) is 11.7. The summed E-state index contributed by atoms with van der Waals surface area (Å²) in [4.78, 5) is 18.6. The van der Waals surface area contributed by atoms with Gasteiger partial charge in [0.05, 0.1) is 30.2 Å². The minimum absolute atomic E-state index is 0.140. The third-order valence-electron chi connectivity index (χ3n) is 3.96. The van der Waals surface area contributed by atoms with Crippen molar-refractivity contribution in [2.24, 2.45) is 4.99 Å². The molecule has 2 aromatic carbocycles. The van der Waals surface area contributed by atoms with Crippen LogP contribution in [-0.2, 0) is 11.3 Å². The molecule has 3 aromatic rings. The van der Waals surface area contributed by atoms with E-state index in [1.165, 1.54) is 23.1 Å². The van der Waals surface area contributed by atoms with Crippen molar-refractivity contribution in [3.8, 4) is 11.5 Å². The fraction of sp³-hybridized carbons (Fsp3) is 0.300. The lowest BCUT2D eigenvalue weighted by Gasteiger charge is -2.08. The molecule has 1 amide bonds. The van der Waals surface area contributed by atoms with Gasteiger partial charge in [0.15, 0.2) is 16.3 Å². The molecule has 0 bridgehead atoms. The summed E-state index contributed by atoms with van der Waals surface area (Å²) in [5, 5.41) is 0. The molecule has 0 N–H and O–H groups in total. The monoisotopic (exact) mass is 402 g/mol. The molecule has 0 radical (unpaired) electrons. The molecular formula is C20H22N2O3S2. The molecule has 1 aromatic heterocycles. The Morgan fingerprint density at radius 2 is 1.85 bits per heavy atom. The highest BCUT2D eigenvalue weighted by Crippen LogP contribution is 2.33. The summed E-state index contributed by atoms with van der Waals surface area (Å²) < 4.78 is 13.9. The number of amides is 1. The Kier molecular flexibility index (Phi) is 6.58. The standard InChI is InChI=1S/C20H22N2O3S2/c1-4-10-22-15-11-16(24-2)17(25-3)12-18(15)27-20(22)21-19(23)13-26-14-8-6-5-7-9-14/h5-9,11-12H,4,10,13H2,1-3H3. The number of benzene rings is 2. The number of hydrogen-bond donors (Lipinski definition) is 0. The van der Waals surface area contributed by atoms with E-state index >= 15 is 0 Å². The first-order valence-corrected chi connectivity index (χ1v) is 10.5. The van der Waals surface area contributed by atoms with Crippen LogP contribution in [0, 0.1) is 0 Å². The van der Waals surface area contributed by atoms with Gasteiger partial charge in [-0.25, -0.2) is 0 Å². The van der Waals surface area contributed by atoms with Crippen molar-refractivity contribution in [3.05, 3.63) is 47.3 Å². The zero-order chi connectivity index (χ0) is 19.2. The van der Waals surface area contributed by atoms with Gasteiger partial charge in [0.2, 0.25) is 0 Å². The fourth-order valence-electron chi connectivity index (χ4n) is 2.72. The lowest BCUT2D eigenvalue weighted by molar-refractivity contribution is -0.115. The smallest absolute Gasteiger partial charge is 0.258 e. The van der Waals surface area contributed by atoms with E-state index in [-0.39, 0.29) is 5.91 Å². The van der Waals surface area contributed by atoms with Gasteiger partial charge >= 0.3 is 0 Å².